The lowest BCUT2D eigenvalue weighted by atomic mass is 9.96. The summed E-state index contributed by atoms with van der Waals surface area (Å²) in [4.78, 5) is 24.5. The Balaban J connectivity index is 1.61. The molecule has 5 nitrogen and oxygen atoms in total. The van der Waals surface area contributed by atoms with E-state index in [9.17, 15) is 14.0 Å². The molecule has 0 spiro atoms. The summed E-state index contributed by atoms with van der Waals surface area (Å²) in [7, 11) is 0. The molecule has 3 amide bonds. The third-order valence-corrected chi connectivity index (χ3v) is 4.79. The Hall–Kier alpha value is -2.60. The SMILES string of the molecule is O=C(Nc1cccc(C(=O)Nc2ccc(F)c(Cl)c2)c1)NC1CCCCC1. The van der Waals surface area contributed by atoms with Crippen LogP contribution in [0.5, 0.6) is 0 Å². The van der Waals surface area contributed by atoms with Gasteiger partial charge in [-0.15, -0.1) is 0 Å². The standard InChI is InChI=1S/C20H21ClFN3O2/c21-17-12-16(9-10-18(17)22)23-19(26)13-5-4-8-15(11-13)25-20(27)24-14-6-2-1-3-7-14/h4-5,8-12,14H,1-3,6-7H2,(H,23,26)(H2,24,25,27). The van der Waals surface area contributed by atoms with Crippen LogP contribution in [0, 0.1) is 5.82 Å². The van der Waals surface area contributed by atoms with Gasteiger partial charge in [0.05, 0.1) is 5.02 Å². The summed E-state index contributed by atoms with van der Waals surface area (Å²) < 4.78 is 13.2. The zero-order valence-electron chi connectivity index (χ0n) is 14.7. The van der Waals surface area contributed by atoms with Crippen molar-refractivity contribution < 1.29 is 14.0 Å². The smallest absolute Gasteiger partial charge is 0.319 e. The van der Waals surface area contributed by atoms with Gasteiger partial charge in [-0.3, -0.25) is 4.79 Å². The van der Waals surface area contributed by atoms with E-state index in [2.05, 4.69) is 16.0 Å². The summed E-state index contributed by atoms with van der Waals surface area (Å²) in [5.74, 6) is -0.932. The van der Waals surface area contributed by atoms with Gasteiger partial charge in [0.1, 0.15) is 5.82 Å². The molecule has 0 bridgehead atoms. The van der Waals surface area contributed by atoms with E-state index in [1.54, 1.807) is 24.3 Å². The summed E-state index contributed by atoms with van der Waals surface area (Å²) in [6, 6.07) is 10.5. The van der Waals surface area contributed by atoms with E-state index in [1.165, 1.54) is 24.6 Å². The molecule has 2 aromatic rings. The second kappa shape index (κ2) is 8.86. The Labute approximate surface area is 162 Å². The van der Waals surface area contributed by atoms with Crippen molar-refractivity contribution >= 4 is 34.9 Å². The first-order chi connectivity index (χ1) is 13.0. The van der Waals surface area contributed by atoms with Crippen molar-refractivity contribution in [3.63, 3.8) is 0 Å². The van der Waals surface area contributed by atoms with E-state index >= 15 is 0 Å². The molecule has 1 aliphatic rings. The molecule has 0 saturated heterocycles. The van der Waals surface area contributed by atoms with Crippen LogP contribution in [0.1, 0.15) is 42.5 Å². The van der Waals surface area contributed by atoms with Gasteiger partial charge in [0, 0.05) is 23.0 Å². The van der Waals surface area contributed by atoms with Crippen molar-refractivity contribution in [1.82, 2.24) is 5.32 Å². The summed E-state index contributed by atoms with van der Waals surface area (Å²) in [5.41, 5.74) is 1.28. The number of rotatable bonds is 4. The molecule has 0 aliphatic heterocycles. The summed E-state index contributed by atoms with van der Waals surface area (Å²) >= 11 is 5.73. The van der Waals surface area contributed by atoms with Crippen molar-refractivity contribution in [3.8, 4) is 0 Å². The molecule has 0 unspecified atom stereocenters. The fraction of sp³-hybridized carbons (Fsp3) is 0.300. The Morgan fingerprint density at radius 2 is 1.70 bits per heavy atom. The topological polar surface area (TPSA) is 70.2 Å². The fourth-order valence-electron chi connectivity index (χ4n) is 3.11. The molecule has 0 heterocycles. The van der Waals surface area contributed by atoms with Gasteiger partial charge < -0.3 is 16.0 Å². The highest BCUT2D eigenvalue weighted by atomic mass is 35.5. The average molecular weight is 390 g/mol. The van der Waals surface area contributed by atoms with Crippen LogP contribution in [0.25, 0.3) is 0 Å². The largest absolute Gasteiger partial charge is 0.335 e. The second-order valence-electron chi connectivity index (χ2n) is 6.60. The number of hydrogen-bond acceptors (Lipinski definition) is 2. The van der Waals surface area contributed by atoms with Crippen LogP contribution in [-0.2, 0) is 0 Å². The van der Waals surface area contributed by atoms with Crippen molar-refractivity contribution in [1.29, 1.82) is 0 Å². The number of carbonyl (C=O) groups is 2. The molecule has 1 fully saturated rings. The molecule has 1 saturated carbocycles. The number of carbonyl (C=O) groups excluding carboxylic acids is 2. The number of halogens is 2. The van der Waals surface area contributed by atoms with E-state index in [-0.39, 0.29) is 23.0 Å². The van der Waals surface area contributed by atoms with Crippen LogP contribution in [0.3, 0.4) is 0 Å². The molecule has 7 heteroatoms. The second-order valence-corrected chi connectivity index (χ2v) is 7.00. The van der Waals surface area contributed by atoms with E-state index < -0.39 is 5.82 Å². The van der Waals surface area contributed by atoms with Crippen molar-refractivity contribution in [2.24, 2.45) is 0 Å². The number of benzene rings is 2. The number of nitrogens with one attached hydrogen (secondary N) is 3. The Morgan fingerprint density at radius 3 is 2.44 bits per heavy atom. The maximum Gasteiger partial charge on any atom is 0.319 e. The maximum atomic E-state index is 13.2. The Bertz CT molecular complexity index is 838. The number of hydrogen-bond donors (Lipinski definition) is 3. The molecule has 3 rings (SSSR count). The predicted molar refractivity (Wildman–Crippen MR) is 105 cm³/mol. The minimum Gasteiger partial charge on any atom is -0.335 e. The molecule has 142 valence electrons. The maximum absolute atomic E-state index is 13.2. The molecule has 0 aromatic heterocycles. The van der Waals surface area contributed by atoms with Crippen LogP contribution >= 0.6 is 11.6 Å². The minimum atomic E-state index is -0.551. The van der Waals surface area contributed by atoms with Crippen molar-refractivity contribution in [3.05, 3.63) is 58.9 Å². The average Bonchev–Trinajstić information content (AvgIpc) is 2.65. The van der Waals surface area contributed by atoms with Gasteiger partial charge in [-0.25, -0.2) is 9.18 Å². The van der Waals surface area contributed by atoms with Gasteiger partial charge in [-0.2, -0.15) is 0 Å². The van der Waals surface area contributed by atoms with Crippen LogP contribution in [0.2, 0.25) is 5.02 Å². The third kappa shape index (κ3) is 5.44. The van der Waals surface area contributed by atoms with Crippen molar-refractivity contribution in [2.45, 2.75) is 38.1 Å². The molecule has 3 N–H and O–H groups in total. The first-order valence-electron chi connectivity index (χ1n) is 8.95. The van der Waals surface area contributed by atoms with Crippen LogP contribution in [-0.4, -0.2) is 18.0 Å². The first kappa shape index (κ1) is 19.2. The number of urea groups is 1. The third-order valence-electron chi connectivity index (χ3n) is 4.50. The quantitative estimate of drug-likeness (QED) is 0.673. The highest BCUT2D eigenvalue weighted by molar-refractivity contribution is 6.31. The van der Waals surface area contributed by atoms with Gasteiger partial charge in [-0.05, 0) is 49.2 Å². The molecule has 2 aromatic carbocycles. The minimum absolute atomic E-state index is 0.0670. The number of amides is 3. The van der Waals surface area contributed by atoms with Gasteiger partial charge in [0.2, 0.25) is 0 Å². The lowest BCUT2D eigenvalue weighted by Crippen LogP contribution is -2.39. The molecule has 1 aliphatic carbocycles. The molecular weight excluding hydrogens is 369 g/mol. The molecular formula is C20H21ClFN3O2. The van der Waals surface area contributed by atoms with E-state index in [1.807, 2.05) is 0 Å². The lowest BCUT2D eigenvalue weighted by Gasteiger charge is -2.22. The van der Waals surface area contributed by atoms with E-state index in [0.29, 0.717) is 16.9 Å². The van der Waals surface area contributed by atoms with Crippen LogP contribution < -0.4 is 16.0 Å². The highest BCUT2D eigenvalue weighted by Gasteiger charge is 2.16. The molecule has 27 heavy (non-hydrogen) atoms. The van der Waals surface area contributed by atoms with E-state index in [0.717, 1.165) is 25.7 Å². The van der Waals surface area contributed by atoms with E-state index in [4.69, 9.17) is 11.6 Å². The monoisotopic (exact) mass is 389 g/mol. The summed E-state index contributed by atoms with van der Waals surface area (Å²) in [6.45, 7) is 0. The number of anilines is 2. The summed E-state index contributed by atoms with van der Waals surface area (Å²) in [6.07, 6.45) is 5.48. The molecule has 0 radical (unpaired) electrons. The van der Waals surface area contributed by atoms with Gasteiger partial charge in [-0.1, -0.05) is 36.9 Å². The first-order valence-corrected chi connectivity index (χ1v) is 9.33. The van der Waals surface area contributed by atoms with Crippen LogP contribution in [0.4, 0.5) is 20.6 Å². The summed E-state index contributed by atoms with van der Waals surface area (Å²) in [5, 5.41) is 8.32. The zero-order chi connectivity index (χ0) is 19.2. The Kier molecular flexibility index (Phi) is 6.29. The lowest BCUT2D eigenvalue weighted by molar-refractivity contribution is 0.102. The zero-order valence-corrected chi connectivity index (χ0v) is 15.5. The van der Waals surface area contributed by atoms with Gasteiger partial charge >= 0.3 is 6.03 Å². The van der Waals surface area contributed by atoms with Crippen molar-refractivity contribution in [2.75, 3.05) is 10.6 Å². The Morgan fingerprint density at radius 1 is 0.963 bits per heavy atom. The highest BCUT2D eigenvalue weighted by Crippen LogP contribution is 2.21. The fourth-order valence-corrected chi connectivity index (χ4v) is 3.30. The van der Waals surface area contributed by atoms with Gasteiger partial charge in [0.25, 0.3) is 5.91 Å². The van der Waals surface area contributed by atoms with Gasteiger partial charge in [0.15, 0.2) is 0 Å². The normalized spacial score (nSPS) is 14.4. The van der Waals surface area contributed by atoms with Crippen LogP contribution in [0.15, 0.2) is 42.5 Å². The molecule has 0 atom stereocenters. The predicted octanol–water partition coefficient (Wildman–Crippen LogP) is 5.19.